The summed E-state index contributed by atoms with van der Waals surface area (Å²) in [6.45, 7) is 23.4. The number of H-pyrrole nitrogens is 1. The number of ether oxygens (including phenoxy) is 3. The summed E-state index contributed by atoms with van der Waals surface area (Å²) < 4.78 is 49.1. The molecule has 8 atom stereocenters. The number of carbonyl (C=O) groups excluding carboxylic acids is 7. The van der Waals surface area contributed by atoms with Crippen molar-refractivity contribution in [2.24, 2.45) is 16.7 Å². The minimum atomic E-state index is -1.00. The summed E-state index contributed by atoms with van der Waals surface area (Å²) in [5.74, 6) is -1.57. The van der Waals surface area contributed by atoms with Crippen LogP contribution in [0.15, 0.2) is 188 Å². The van der Waals surface area contributed by atoms with Crippen LogP contribution in [0.2, 0.25) is 0 Å². The van der Waals surface area contributed by atoms with E-state index in [1.54, 1.807) is 154 Å². The normalized spacial score (nSPS) is 16.7. The number of hydrogen-bond donors (Lipinski definition) is 3. The Labute approximate surface area is 640 Å². The number of imidazole rings is 2. The molecule has 11 rings (SSSR count). The van der Waals surface area contributed by atoms with Crippen LogP contribution in [0.3, 0.4) is 0 Å². The molecule has 9 heterocycles. The minimum Gasteiger partial charge on any atom is -0.488 e. The van der Waals surface area contributed by atoms with E-state index in [1.165, 1.54) is 48.3 Å². The number of aromatic amines is 1. The van der Waals surface area contributed by atoms with Crippen LogP contribution >= 0.6 is 0 Å². The van der Waals surface area contributed by atoms with Gasteiger partial charge in [0.1, 0.15) is 81.8 Å². The number of fused-ring (bicyclic) bond motifs is 2. The van der Waals surface area contributed by atoms with E-state index >= 15 is 0 Å². The van der Waals surface area contributed by atoms with E-state index in [9.17, 15) is 47.1 Å². The van der Waals surface area contributed by atoms with Crippen LogP contribution in [0.4, 0.5) is 13.6 Å². The highest BCUT2D eigenvalue weighted by Crippen LogP contribution is 2.32. The molecule has 25 nitrogen and oxygen atoms in total. The quantitative estimate of drug-likeness (QED) is 0.0507. The molecule has 0 aliphatic carbocycles. The molecule has 0 saturated carbocycles. The Bertz CT molecular complexity index is 4540. The Morgan fingerprint density at radius 2 is 0.982 bits per heavy atom. The van der Waals surface area contributed by atoms with E-state index in [0.717, 1.165) is 11.1 Å². The maximum absolute atomic E-state index is 14.8. The van der Waals surface area contributed by atoms with E-state index in [2.05, 4.69) is 35.6 Å². The van der Waals surface area contributed by atoms with Gasteiger partial charge in [0.2, 0.25) is 23.6 Å². The Hall–Kier alpha value is -11.4. The van der Waals surface area contributed by atoms with Gasteiger partial charge in [-0.25, -0.2) is 23.5 Å². The van der Waals surface area contributed by atoms with Crippen molar-refractivity contribution >= 4 is 52.8 Å². The van der Waals surface area contributed by atoms with Crippen LogP contribution < -0.4 is 25.5 Å². The SMILES string of the molecule is CC[C@@H](C)C(=O)N[C@H](C(=O)N1C[C@@H](Oc2ccncc2)C[C@H]1CN(CCc1ccc(F)cc1)C(=O)c1cn2ccccc2n1)C(C)(C)C.C[C@@H](C(=O)N[C@H](C(=O)N1C[C@@H](Oc2ccncc2)C[C@H]1CN(CCc1ccc(F)cc1)C(=O)c1cn2ccccc2n1)C(C)(C)C)N(C)C(=O)OC(C)(C)C.O=c1cc[nH]cc1. The third-order valence-electron chi connectivity index (χ3n) is 19.2. The maximum Gasteiger partial charge on any atom is 0.410 e. The molecule has 110 heavy (non-hydrogen) atoms. The molecule has 2 aliphatic rings. The lowest BCUT2D eigenvalue weighted by Gasteiger charge is -2.38. The summed E-state index contributed by atoms with van der Waals surface area (Å²) in [6.07, 6.45) is 17.7. The van der Waals surface area contributed by atoms with Gasteiger partial charge in [-0.3, -0.25) is 48.4 Å². The van der Waals surface area contributed by atoms with Crippen LogP contribution in [0.25, 0.3) is 11.3 Å². The van der Waals surface area contributed by atoms with Crippen LogP contribution in [-0.2, 0) is 36.8 Å². The summed E-state index contributed by atoms with van der Waals surface area (Å²) in [5, 5.41) is 5.97. The van der Waals surface area contributed by atoms with E-state index in [-0.39, 0.29) is 103 Å². The number of amides is 7. The van der Waals surface area contributed by atoms with E-state index < -0.39 is 64.7 Å². The molecule has 7 aromatic heterocycles. The van der Waals surface area contributed by atoms with Crippen molar-refractivity contribution in [2.75, 3.05) is 46.3 Å². The van der Waals surface area contributed by atoms with Gasteiger partial charge in [-0.15, -0.1) is 0 Å². The number of hydrogen-bond acceptors (Lipinski definition) is 15. The van der Waals surface area contributed by atoms with E-state index in [1.807, 2.05) is 104 Å². The van der Waals surface area contributed by atoms with Gasteiger partial charge in [-0.05, 0) is 142 Å². The standard InChI is InChI=1S/C41H52FN7O6.C37H45FN6O4.C5H5NO/c1-27(46(8)39(53)55-41(5,6)7)36(50)45-35(40(2,3)4)38(52)49-25-32(54-31-16-19-43-20-17-31)23-30(49)24-48(22-18-28-12-14-29(42)15-13-28)37(51)33-26-47-21-10-9-11-34(47)44-33;1-6-25(2)34(45)41-33(37(3,4)5)36(47)44-23-30(48-29-14-17-39-18-15-29)21-28(44)22-43(20-16-26-10-12-27(38)13-11-26)35(46)31-24-42-19-8-7-9-32(42)40-31;7-5-1-3-6-4-2-5/h9-17,19-21,26-27,30,32,35H,18,22-25H2,1-8H3,(H,45,50);7-15,17-19,24-25,28,30,33H,6,16,20-23H2,1-5H3,(H,41,45);1-4H,(H,6,7)/t27-,30-,32-,35+;25-,28+,30+,33-;/m01./s1. The highest BCUT2D eigenvalue weighted by molar-refractivity contribution is 5.95. The number of benzene rings is 2. The van der Waals surface area contributed by atoms with Crippen molar-refractivity contribution in [3.63, 3.8) is 0 Å². The number of likely N-dealkylation sites (N-methyl/N-ethyl adjacent to an activating group) is 1. The number of pyridine rings is 5. The van der Waals surface area contributed by atoms with Crippen LogP contribution in [0.1, 0.15) is 134 Å². The molecule has 0 spiro atoms. The summed E-state index contributed by atoms with van der Waals surface area (Å²) in [4.78, 5) is 136. The number of carbonyl (C=O) groups is 7. The van der Waals surface area contributed by atoms with Gasteiger partial charge in [-0.1, -0.05) is 91.8 Å². The summed E-state index contributed by atoms with van der Waals surface area (Å²) in [6, 6.07) is 29.7. The number of nitrogens with one attached hydrogen (secondary N) is 3. The fourth-order valence-corrected chi connectivity index (χ4v) is 12.7. The van der Waals surface area contributed by atoms with Crippen molar-refractivity contribution in [3.05, 3.63) is 228 Å². The second kappa shape index (κ2) is 37.2. The fourth-order valence-electron chi connectivity index (χ4n) is 12.7. The van der Waals surface area contributed by atoms with Crippen molar-refractivity contribution in [1.29, 1.82) is 0 Å². The van der Waals surface area contributed by atoms with Gasteiger partial charge in [0, 0.05) is 126 Å². The molecular formula is C83H102F2N14O11. The molecule has 9 aromatic rings. The second-order valence-corrected chi connectivity index (χ2v) is 31.0. The summed E-state index contributed by atoms with van der Waals surface area (Å²) in [7, 11) is 1.48. The highest BCUT2D eigenvalue weighted by atomic mass is 19.1. The third kappa shape index (κ3) is 23.1. The summed E-state index contributed by atoms with van der Waals surface area (Å²) >= 11 is 0. The van der Waals surface area contributed by atoms with Gasteiger partial charge < -0.3 is 58.2 Å². The minimum absolute atomic E-state index is 0.0405. The van der Waals surface area contributed by atoms with Crippen LogP contribution in [-0.4, -0.2) is 194 Å². The smallest absolute Gasteiger partial charge is 0.410 e. The molecule has 0 bridgehead atoms. The number of likely N-dealkylation sites (tertiary alicyclic amines) is 2. The Morgan fingerprint density at radius 1 is 0.573 bits per heavy atom. The lowest BCUT2D eigenvalue weighted by Crippen LogP contribution is -2.60. The Morgan fingerprint density at radius 3 is 1.35 bits per heavy atom. The highest BCUT2D eigenvalue weighted by Gasteiger charge is 2.47. The van der Waals surface area contributed by atoms with Gasteiger partial charge in [-0.2, -0.15) is 0 Å². The fraction of sp³-hybridized carbons (Fsp3) is 0.422. The first-order valence-electron chi connectivity index (χ1n) is 37.1. The van der Waals surface area contributed by atoms with Gasteiger partial charge in [0.05, 0.1) is 25.2 Å². The molecule has 584 valence electrons. The predicted molar refractivity (Wildman–Crippen MR) is 413 cm³/mol. The lowest BCUT2D eigenvalue weighted by molar-refractivity contribution is -0.141. The number of rotatable bonds is 24. The molecule has 27 heteroatoms. The zero-order valence-corrected chi connectivity index (χ0v) is 64.9. The van der Waals surface area contributed by atoms with Crippen molar-refractivity contribution in [3.8, 4) is 11.5 Å². The zero-order chi connectivity index (χ0) is 79.6. The second-order valence-electron chi connectivity index (χ2n) is 31.0. The maximum atomic E-state index is 14.8. The molecule has 2 aliphatic heterocycles. The first-order chi connectivity index (χ1) is 52.2. The Balaban J connectivity index is 0.000000234. The van der Waals surface area contributed by atoms with Crippen molar-refractivity contribution in [1.82, 2.24) is 68.9 Å². The van der Waals surface area contributed by atoms with E-state index in [0.29, 0.717) is 61.4 Å². The molecule has 3 N–H and O–H groups in total. The van der Waals surface area contributed by atoms with Gasteiger partial charge >= 0.3 is 6.09 Å². The first-order valence-corrected chi connectivity index (χ1v) is 37.1. The number of halogens is 2. The number of nitrogens with zero attached hydrogens (tertiary/aromatic N) is 11. The van der Waals surface area contributed by atoms with Gasteiger partial charge in [0.15, 0.2) is 5.43 Å². The van der Waals surface area contributed by atoms with Gasteiger partial charge in [0.25, 0.3) is 11.8 Å². The number of aromatic nitrogens is 7. The van der Waals surface area contributed by atoms with E-state index in [4.69, 9.17) is 14.2 Å². The molecule has 0 radical (unpaired) electrons. The Kier molecular flexibility index (Phi) is 27.9. The van der Waals surface area contributed by atoms with Crippen LogP contribution in [0.5, 0.6) is 11.5 Å². The predicted octanol–water partition coefficient (Wildman–Crippen LogP) is 10.9. The zero-order valence-electron chi connectivity index (χ0n) is 64.9. The average molecular weight is 1510 g/mol. The molecule has 2 saturated heterocycles. The average Bonchev–Trinajstić information content (AvgIpc) is 1.59. The topological polar surface area (TPSA) is 281 Å². The van der Waals surface area contributed by atoms with Crippen LogP contribution in [0, 0.1) is 28.4 Å². The first kappa shape index (κ1) is 82.7. The monoisotopic (exact) mass is 1510 g/mol. The third-order valence-corrected chi connectivity index (χ3v) is 19.2. The molecule has 0 unspecified atom stereocenters. The molecule has 7 amide bonds. The van der Waals surface area contributed by atoms with Crippen molar-refractivity contribution in [2.45, 2.75) is 163 Å². The molecule has 2 fully saturated rings. The lowest BCUT2D eigenvalue weighted by atomic mass is 9.85. The largest absolute Gasteiger partial charge is 0.488 e. The molecule has 2 aromatic carbocycles. The molecular weight excluding hydrogens is 1410 g/mol. The summed E-state index contributed by atoms with van der Waals surface area (Å²) in [5.41, 5.74) is 1.46. The van der Waals surface area contributed by atoms with Crippen molar-refractivity contribution < 1.29 is 56.6 Å².